The van der Waals surface area contributed by atoms with Gasteiger partial charge in [0, 0.05) is 17.4 Å². The minimum absolute atomic E-state index is 0.0296. The van der Waals surface area contributed by atoms with Gasteiger partial charge >= 0.3 is 0 Å². The summed E-state index contributed by atoms with van der Waals surface area (Å²) in [5.74, 6) is -0.361. The Bertz CT molecular complexity index is 652. The molecule has 0 spiro atoms. The molecule has 2 heterocycles. The number of hydrogen-bond donors (Lipinski definition) is 1. The summed E-state index contributed by atoms with van der Waals surface area (Å²) in [4.78, 5) is 15.4. The Morgan fingerprint density at radius 3 is 3.00 bits per heavy atom. The number of rotatable bonds is 1. The van der Waals surface area contributed by atoms with Gasteiger partial charge in [0.15, 0.2) is 0 Å². The molecular weight excluding hydrogens is 231 g/mol. The number of carbonyl (C=O) groups excluding carboxylic acids is 1. The highest BCUT2D eigenvalue weighted by Gasteiger charge is 2.21. The Kier molecular flexibility index (Phi) is 2.37. The first kappa shape index (κ1) is 10.9. The monoisotopic (exact) mass is 242 g/mol. The molecule has 4 heteroatoms. The van der Waals surface area contributed by atoms with Gasteiger partial charge in [-0.3, -0.25) is 9.78 Å². The summed E-state index contributed by atoms with van der Waals surface area (Å²) < 4.78 is 13.5. The lowest BCUT2D eigenvalue weighted by Gasteiger charge is -2.07. The fraction of sp³-hybridized carbons (Fsp3) is 0.143. The third kappa shape index (κ3) is 1.66. The molecule has 3 nitrogen and oxygen atoms in total. The number of nitrogens with zero attached hydrogens (tertiary/aromatic N) is 1. The lowest BCUT2D eigenvalue weighted by Crippen LogP contribution is -2.03. The van der Waals surface area contributed by atoms with E-state index in [1.165, 1.54) is 6.07 Å². The lowest BCUT2D eigenvalue weighted by atomic mass is 9.99. The number of hydrogen-bond acceptors (Lipinski definition) is 2. The predicted octanol–water partition coefficient (Wildman–Crippen LogP) is 2.69. The fourth-order valence-corrected chi connectivity index (χ4v) is 2.17. The van der Waals surface area contributed by atoms with Crippen LogP contribution in [0.15, 0.2) is 30.5 Å². The number of benzene rings is 1. The van der Waals surface area contributed by atoms with Crippen molar-refractivity contribution in [1.29, 1.82) is 0 Å². The number of halogens is 1. The highest BCUT2D eigenvalue weighted by Crippen LogP contribution is 2.33. The van der Waals surface area contributed by atoms with Gasteiger partial charge in [-0.05, 0) is 30.2 Å². The van der Waals surface area contributed by atoms with E-state index in [2.05, 4.69) is 10.3 Å². The third-order valence-electron chi connectivity index (χ3n) is 3.12. The van der Waals surface area contributed by atoms with E-state index in [1.54, 1.807) is 13.1 Å². The van der Waals surface area contributed by atoms with Gasteiger partial charge in [-0.15, -0.1) is 0 Å². The van der Waals surface area contributed by atoms with Crippen LogP contribution in [0.5, 0.6) is 0 Å². The fourth-order valence-electron chi connectivity index (χ4n) is 2.17. The number of anilines is 1. The molecule has 0 bridgehead atoms. The van der Waals surface area contributed by atoms with Crippen LogP contribution in [0, 0.1) is 12.7 Å². The van der Waals surface area contributed by atoms with E-state index in [0.717, 1.165) is 16.8 Å². The maximum absolute atomic E-state index is 13.5. The number of amides is 1. The van der Waals surface area contributed by atoms with Crippen LogP contribution in [0.4, 0.5) is 10.1 Å². The topological polar surface area (TPSA) is 42.0 Å². The molecule has 0 saturated carbocycles. The molecule has 0 aliphatic carbocycles. The molecule has 0 fully saturated rings. The highest BCUT2D eigenvalue weighted by molar-refractivity contribution is 6.01. The van der Waals surface area contributed by atoms with Gasteiger partial charge < -0.3 is 5.32 Å². The standard InChI is InChI=1S/C14H11FN2O/c1-8-12(15)5-9(7-16-8)10-3-2-4-13-11(10)6-14(18)17-13/h2-5,7H,6H2,1H3,(H,17,18). The molecule has 1 aliphatic rings. The van der Waals surface area contributed by atoms with Crippen molar-refractivity contribution in [3.05, 3.63) is 47.5 Å². The molecule has 0 unspecified atom stereocenters. The summed E-state index contributed by atoms with van der Waals surface area (Å²) in [7, 11) is 0. The quantitative estimate of drug-likeness (QED) is 0.835. The van der Waals surface area contributed by atoms with Crippen molar-refractivity contribution in [3.8, 4) is 11.1 Å². The van der Waals surface area contributed by atoms with E-state index in [9.17, 15) is 9.18 Å². The van der Waals surface area contributed by atoms with E-state index in [1.807, 2.05) is 18.2 Å². The second-order valence-electron chi connectivity index (χ2n) is 4.35. The molecule has 0 atom stereocenters. The minimum Gasteiger partial charge on any atom is -0.326 e. The van der Waals surface area contributed by atoms with Crippen molar-refractivity contribution >= 4 is 11.6 Å². The maximum Gasteiger partial charge on any atom is 0.228 e. The van der Waals surface area contributed by atoms with Crippen LogP contribution in [0.25, 0.3) is 11.1 Å². The number of fused-ring (bicyclic) bond motifs is 1. The third-order valence-corrected chi connectivity index (χ3v) is 3.12. The van der Waals surface area contributed by atoms with Crippen molar-refractivity contribution in [2.45, 2.75) is 13.3 Å². The maximum atomic E-state index is 13.5. The van der Waals surface area contributed by atoms with E-state index in [4.69, 9.17) is 0 Å². The van der Waals surface area contributed by atoms with Gasteiger partial charge in [0.1, 0.15) is 5.82 Å². The second kappa shape index (κ2) is 3.91. The van der Waals surface area contributed by atoms with Crippen molar-refractivity contribution in [3.63, 3.8) is 0 Å². The van der Waals surface area contributed by atoms with Crippen molar-refractivity contribution in [2.24, 2.45) is 0 Å². The van der Waals surface area contributed by atoms with Crippen LogP contribution in [-0.2, 0) is 11.2 Å². The molecule has 3 rings (SSSR count). The highest BCUT2D eigenvalue weighted by atomic mass is 19.1. The summed E-state index contributed by atoms with van der Waals surface area (Å²) >= 11 is 0. The number of aryl methyl sites for hydroxylation is 1. The van der Waals surface area contributed by atoms with Gasteiger partial charge in [0.05, 0.1) is 12.1 Å². The second-order valence-corrected chi connectivity index (χ2v) is 4.35. The van der Waals surface area contributed by atoms with Gasteiger partial charge in [-0.1, -0.05) is 12.1 Å². The zero-order valence-electron chi connectivity index (χ0n) is 9.83. The van der Waals surface area contributed by atoms with E-state index < -0.39 is 0 Å². The summed E-state index contributed by atoms with van der Waals surface area (Å²) in [6.07, 6.45) is 1.97. The Morgan fingerprint density at radius 2 is 2.22 bits per heavy atom. The van der Waals surface area contributed by atoms with Gasteiger partial charge in [0.25, 0.3) is 0 Å². The van der Waals surface area contributed by atoms with Crippen LogP contribution >= 0.6 is 0 Å². The summed E-state index contributed by atoms with van der Waals surface area (Å²) in [6, 6.07) is 7.03. The van der Waals surface area contributed by atoms with Gasteiger partial charge in [-0.25, -0.2) is 4.39 Å². The van der Waals surface area contributed by atoms with Gasteiger partial charge in [-0.2, -0.15) is 0 Å². The molecule has 0 radical (unpaired) electrons. The summed E-state index contributed by atoms with van der Waals surface area (Å²) in [6.45, 7) is 1.62. The Balaban J connectivity index is 2.16. The van der Waals surface area contributed by atoms with Crippen LogP contribution < -0.4 is 5.32 Å². The molecular formula is C14H11FN2O. The van der Waals surface area contributed by atoms with Crippen molar-refractivity contribution in [2.75, 3.05) is 5.32 Å². The van der Waals surface area contributed by atoms with Crippen LogP contribution in [0.2, 0.25) is 0 Å². The first-order chi connectivity index (χ1) is 8.65. The first-order valence-electron chi connectivity index (χ1n) is 5.69. The van der Waals surface area contributed by atoms with E-state index >= 15 is 0 Å². The predicted molar refractivity (Wildman–Crippen MR) is 66.7 cm³/mol. The molecule has 1 aromatic heterocycles. The average molecular weight is 242 g/mol. The Labute approximate surface area is 104 Å². The smallest absolute Gasteiger partial charge is 0.228 e. The number of carbonyl (C=O) groups is 1. The van der Waals surface area contributed by atoms with Crippen molar-refractivity contribution in [1.82, 2.24) is 4.98 Å². The van der Waals surface area contributed by atoms with Crippen LogP contribution in [0.1, 0.15) is 11.3 Å². The molecule has 18 heavy (non-hydrogen) atoms. The van der Waals surface area contributed by atoms with E-state index in [0.29, 0.717) is 17.7 Å². The Morgan fingerprint density at radius 1 is 1.39 bits per heavy atom. The van der Waals surface area contributed by atoms with Crippen molar-refractivity contribution < 1.29 is 9.18 Å². The first-order valence-corrected chi connectivity index (χ1v) is 5.69. The average Bonchev–Trinajstić information content (AvgIpc) is 2.72. The molecule has 1 N–H and O–H groups in total. The Hall–Kier alpha value is -2.23. The number of nitrogens with one attached hydrogen (secondary N) is 1. The zero-order chi connectivity index (χ0) is 12.7. The molecule has 1 aliphatic heterocycles. The van der Waals surface area contributed by atoms with Crippen LogP contribution in [0.3, 0.4) is 0 Å². The molecule has 90 valence electrons. The molecule has 0 saturated heterocycles. The molecule has 2 aromatic rings. The normalized spacial score (nSPS) is 13.3. The minimum atomic E-state index is -0.331. The SMILES string of the molecule is Cc1ncc(-c2cccc3c2CC(=O)N3)cc1F. The summed E-state index contributed by atoms with van der Waals surface area (Å²) in [5, 5.41) is 2.78. The lowest BCUT2D eigenvalue weighted by molar-refractivity contribution is -0.115. The van der Waals surface area contributed by atoms with Crippen LogP contribution in [-0.4, -0.2) is 10.9 Å². The zero-order valence-corrected chi connectivity index (χ0v) is 9.83. The van der Waals surface area contributed by atoms with E-state index in [-0.39, 0.29) is 11.7 Å². The van der Waals surface area contributed by atoms with Gasteiger partial charge in [0.2, 0.25) is 5.91 Å². The number of aromatic nitrogens is 1. The largest absolute Gasteiger partial charge is 0.326 e. The molecule has 1 aromatic carbocycles. The summed E-state index contributed by atoms with van der Waals surface area (Å²) in [5.41, 5.74) is 3.65. The molecule has 1 amide bonds. The number of pyridine rings is 1.